The van der Waals surface area contributed by atoms with Crippen molar-refractivity contribution < 1.29 is 19.1 Å². The van der Waals surface area contributed by atoms with Crippen molar-refractivity contribution in [3.63, 3.8) is 0 Å². The van der Waals surface area contributed by atoms with Gasteiger partial charge in [0.1, 0.15) is 11.5 Å². The molecule has 0 bridgehead atoms. The highest BCUT2D eigenvalue weighted by Crippen LogP contribution is 2.60. The van der Waals surface area contributed by atoms with Crippen LogP contribution >= 0.6 is 0 Å². The van der Waals surface area contributed by atoms with E-state index in [0.29, 0.717) is 0 Å². The zero-order valence-electron chi connectivity index (χ0n) is 20.1. The Labute approximate surface area is 206 Å². The lowest BCUT2D eigenvalue weighted by Crippen LogP contribution is -2.49. The molecule has 3 aromatic rings. The minimum atomic E-state index is -0.196. The lowest BCUT2D eigenvalue weighted by molar-refractivity contribution is -0.715. The first-order valence-electron chi connectivity index (χ1n) is 12.8. The molecular formula is C30H31N2O3+. The number of hydrogen-bond acceptors (Lipinski definition) is 3. The molecule has 5 heteroatoms. The highest BCUT2D eigenvalue weighted by molar-refractivity contribution is 5.96. The van der Waals surface area contributed by atoms with Gasteiger partial charge in [-0.15, -0.1) is 0 Å². The minimum Gasteiger partial charge on any atom is -0.508 e. The molecule has 3 heterocycles. The summed E-state index contributed by atoms with van der Waals surface area (Å²) in [7, 11) is 0. The summed E-state index contributed by atoms with van der Waals surface area (Å²) in [6.07, 6.45) is 3.94. The number of ether oxygens (including phenoxy) is 1. The number of fused-ring (bicyclic) bond motifs is 2. The maximum absolute atomic E-state index is 13.9. The fourth-order valence-electron chi connectivity index (χ4n) is 6.53. The number of quaternary nitrogens is 1. The number of carbonyl (C=O) groups excluding carboxylic acids is 1. The number of amides is 1. The number of nitrogens with zero attached hydrogens (tertiary/aromatic N) is 2. The van der Waals surface area contributed by atoms with Crippen molar-refractivity contribution in [1.29, 1.82) is 0 Å². The molecule has 7 rings (SSSR count). The molecule has 4 aliphatic rings. The molecular weight excluding hydrogens is 436 g/mol. The van der Waals surface area contributed by atoms with Crippen LogP contribution in [-0.4, -0.2) is 51.3 Å². The summed E-state index contributed by atoms with van der Waals surface area (Å²) in [6, 6.07) is 23.4. The number of carbonyl (C=O) groups is 1. The van der Waals surface area contributed by atoms with Crippen LogP contribution in [-0.2, 0) is 6.42 Å². The highest BCUT2D eigenvalue weighted by atomic mass is 16.6. The Hall–Kier alpha value is -3.31. The van der Waals surface area contributed by atoms with E-state index < -0.39 is 0 Å². The molecule has 3 fully saturated rings. The van der Waals surface area contributed by atoms with Crippen molar-refractivity contribution in [2.24, 2.45) is 0 Å². The lowest BCUT2D eigenvalue weighted by Gasteiger charge is -2.44. The number of phenols is 1. The van der Waals surface area contributed by atoms with E-state index in [1.165, 1.54) is 13.0 Å². The summed E-state index contributed by atoms with van der Waals surface area (Å²) >= 11 is 0. The van der Waals surface area contributed by atoms with E-state index >= 15 is 0 Å². The second-order valence-electron chi connectivity index (χ2n) is 11.0. The van der Waals surface area contributed by atoms with Crippen molar-refractivity contribution in [1.82, 2.24) is 4.90 Å². The molecule has 1 atom stereocenters. The first-order chi connectivity index (χ1) is 17.0. The number of benzene rings is 3. The topological polar surface area (TPSA) is 49.8 Å². The van der Waals surface area contributed by atoms with Gasteiger partial charge in [0.15, 0.2) is 13.1 Å². The third-order valence-electron chi connectivity index (χ3n) is 8.69. The van der Waals surface area contributed by atoms with Crippen LogP contribution in [0.4, 0.5) is 0 Å². The Bertz CT molecular complexity index is 1310. The molecule has 2 saturated heterocycles. The molecule has 0 aromatic heterocycles. The van der Waals surface area contributed by atoms with E-state index in [2.05, 4.69) is 36.1 Å². The maximum Gasteiger partial charge on any atom is 0.343 e. The first kappa shape index (κ1) is 21.0. The van der Waals surface area contributed by atoms with Crippen LogP contribution in [0.25, 0.3) is 0 Å². The molecule has 1 spiro atoms. The normalized spacial score (nSPS) is 28.7. The Balaban J connectivity index is 1.26. The van der Waals surface area contributed by atoms with Crippen LogP contribution in [0.15, 0.2) is 72.8 Å². The van der Waals surface area contributed by atoms with Crippen molar-refractivity contribution >= 4 is 5.91 Å². The average Bonchev–Trinajstić information content (AvgIpc) is 3.80. The predicted octanol–water partition coefficient (Wildman–Crippen LogP) is 5.04. The van der Waals surface area contributed by atoms with Crippen LogP contribution in [0, 0.1) is 0 Å². The molecule has 3 aromatic carbocycles. The Morgan fingerprint density at radius 1 is 1.06 bits per heavy atom. The molecule has 178 valence electrons. The second-order valence-corrected chi connectivity index (χ2v) is 11.0. The third kappa shape index (κ3) is 3.14. The van der Waals surface area contributed by atoms with E-state index in [4.69, 9.17) is 4.74 Å². The van der Waals surface area contributed by atoms with Crippen molar-refractivity contribution in [2.45, 2.75) is 49.9 Å². The van der Waals surface area contributed by atoms with E-state index in [0.717, 1.165) is 64.8 Å². The number of aromatic hydroxyl groups is 1. The largest absolute Gasteiger partial charge is 0.508 e. The number of hydrogen-bond donors (Lipinski definition) is 1. The molecule has 0 radical (unpaired) electrons. The summed E-state index contributed by atoms with van der Waals surface area (Å²) in [5, 5.41) is 10.2. The summed E-state index contributed by atoms with van der Waals surface area (Å²) in [6.45, 7) is 5.69. The van der Waals surface area contributed by atoms with Gasteiger partial charge in [-0.1, -0.05) is 43.3 Å². The fraction of sp³-hybridized carbons (Fsp3) is 0.367. The summed E-state index contributed by atoms with van der Waals surface area (Å²) < 4.78 is 7.54. The third-order valence-corrected chi connectivity index (χ3v) is 8.69. The molecule has 1 amide bonds. The van der Waals surface area contributed by atoms with Crippen LogP contribution < -0.4 is 4.74 Å². The molecule has 1 aliphatic carbocycles. The molecule has 1 N–H and O–H groups in total. The lowest BCUT2D eigenvalue weighted by atomic mass is 9.82. The van der Waals surface area contributed by atoms with Gasteiger partial charge in [0.2, 0.25) is 0 Å². The summed E-state index contributed by atoms with van der Waals surface area (Å²) in [5.41, 5.74) is 3.88. The molecule has 5 nitrogen and oxygen atoms in total. The minimum absolute atomic E-state index is 0.0277. The second kappa shape index (κ2) is 7.11. The number of phenolic OH excluding ortho intramolecular Hbond substituents is 1. The Morgan fingerprint density at radius 3 is 2.49 bits per heavy atom. The summed E-state index contributed by atoms with van der Waals surface area (Å²) in [4.78, 5) is 16.1. The van der Waals surface area contributed by atoms with Crippen LogP contribution in [0.3, 0.4) is 0 Å². The van der Waals surface area contributed by atoms with Crippen LogP contribution in [0.2, 0.25) is 0 Å². The van der Waals surface area contributed by atoms with Gasteiger partial charge < -0.3 is 14.7 Å². The monoisotopic (exact) mass is 467 g/mol. The van der Waals surface area contributed by atoms with Crippen molar-refractivity contribution in [3.05, 3.63) is 95.1 Å². The quantitative estimate of drug-likeness (QED) is 0.408. The Kier molecular flexibility index (Phi) is 4.27. The first-order valence-corrected chi connectivity index (χ1v) is 12.8. The highest BCUT2D eigenvalue weighted by Gasteiger charge is 2.91. The number of rotatable bonds is 6. The smallest absolute Gasteiger partial charge is 0.343 e. The van der Waals surface area contributed by atoms with E-state index in [1.54, 1.807) is 6.07 Å². The molecule has 1 saturated carbocycles. The van der Waals surface area contributed by atoms with Crippen molar-refractivity contribution in [2.75, 3.05) is 19.6 Å². The van der Waals surface area contributed by atoms with Gasteiger partial charge in [-0.05, 0) is 78.8 Å². The molecule has 3 aliphatic heterocycles. The van der Waals surface area contributed by atoms with Crippen LogP contribution in [0.5, 0.6) is 11.5 Å². The standard InChI is InChI=1S/C30H30N2O3/c1-2-16-32-19-30(32,20-32)35-25-11-8-21(9-12-25)27-26-13-10-24(33)17-23(26)18-29(14-15-29)31(27)28(34)22-6-4-3-5-7-22/h3-13,17,27H,2,14-16,18-20H2,1H3/p+1/t27-,30?,32?/m1/s1. The molecule has 0 unspecified atom stereocenters. The predicted molar refractivity (Wildman–Crippen MR) is 133 cm³/mol. The van der Waals surface area contributed by atoms with E-state index in [-0.39, 0.29) is 29.0 Å². The van der Waals surface area contributed by atoms with Gasteiger partial charge >= 0.3 is 5.72 Å². The zero-order valence-corrected chi connectivity index (χ0v) is 20.1. The van der Waals surface area contributed by atoms with Crippen molar-refractivity contribution in [3.8, 4) is 11.5 Å². The van der Waals surface area contributed by atoms with Gasteiger partial charge in [-0.3, -0.25) is 9.28 Å². The van der Waals surface area contributed by atoms with Gasteiger partial charge in [0, 0.05) is 11.1 Å². The SMILES string of the molecule is CCC[N+]12CC1(Oc1ccc([C@@H]3c4ccc(O)cc4CC4(CC4)N3C(=O)c3ccccc3)cc1)C2. The van der Waals surface area contributed by atoms with E-state index in [1.807, 2.05) is 42.5 Å². The zero-order chi connectivity index (χ0) is 23.8. The van der Waals surface area contributed by atoms with Gasteiger partial charge in [0.25, 0.3) is 5.91 Å². The van der Waals surface area contributed by atoms with Crippen LogP contribution in [0.1, 0.15) is 59.3 Å². The molecule has 35 heavy (non-hydrogen) atoms. The maximum atomic E-state index is 13.9. The van der Waals surface area contributed by atoms with E-state index in [9.17, 15) is 9.90 Å². The van der Waals surface area contributed by atoms with Gasteiger partial charge in [-0.25, -0.2) is 0 Å². The van der Waals surface area contributed by atoms with Gasteiger partial charge in [0.05, 0.1) is 12.6 Å². The van der Waals surface area contributed by atoms with Gasteiger partial charge in [-0.2, -0.15) is 0 Å². The summed E-state index contributed by atoms with van der Waals surface area (Å²) in [5.74, 6) is 1.27. The average molecular weight is 468 g/mol. The fourth-order valence-corrected chi connectivity index (χ4v) is 6.53. The Morgan fingerprint density at radius 2 is 1.80 bits per heavy atom.